The number of benzene rings is 1. The van der Waals surface area contributed by atoms with Gasteiger partial charge in [0.05, 0.1) is 23.8 Å². The van der Waals surface area contributed by atoms with Crippen LogP contribution in [0.1, 0.15) is 0 Å². The van der Waals surface area contributed by atoms with Gasteiger partial charge >= 0.3 is 0 Å². The van der Waals surface area contributed by atoms with E-state index < -0.39 is 4.92 Å². The fourth-order valence-corrected chi connectivity index (χ4v) is 1.90. The molecule has 0 amide bonds. The fraction of sp³-hybridized carbons (Fsp3) is 0.214. The Morgan fingerprint density at radius 1 is 1.48 bits per heavy atom. The second kappa shape index (κ2) is 8.01. The van der Waals surface area contributed by atoms with Gasteiger partial charge in [-0.1, -0.05) is 12.2 Å². The zero-order chi connectivity index (χ0) is 15.8. The van der Waals surface area contributed by atoms with Crippen LogP contribution in [0.25, 0.3) is 0 Å². The molecule has 0 saturated carbocycles. The van der Waals surface area contributed by atoms with Gasteiger partial charge in [0, 0.05) is 19.2 Å². The van der Waals surface area contributed by atoms with Gasteiger partial charge in [0.2, 0.25) is 0 Å². The second-order valence-electron chi connectivity index (χ2n) is 4.05. The van der Waals surface area contributed by atoms with Crippen LogP contribution in [0.5, 0.6) is 5.75 Å². The van der Waals surface area contributed by atoms with E-state index in [4.69, 9.17) is 17.0 Å². The molecule has 7 heteroatoms. The summed E-state index contributed by atoms with van der Waals surface area (Å²) in [6, 6.07) is 4.29. The van der Waals surface area contributed by atoms with Crippen LogP contribution in [0.3, 0.4) is 0 Å². The number of rotatable bonds is 7. The summed E-state index contributed by atoms with van der Waals surface area (Å²) in [5.41, 5.74) is 0.517. The molecule has 0 unspecified atom stereocenters. The van der Waals surface area contributed by atoms with Crippen LogP contribution >= 0.6 is 12.2 Å². The first kappa shape index (κ1) is 16.6. The van der Waals surface area contributed by atoms with E-state index >= 15 is 0 Å². The Morgan fingerprint density at radius 3 is 2.57 bits per heavy atom. The molecule has 1 aromatic rings. The highest BCUT2D eigenvalue weighted by atomic mass is 32.1. The summed E-state index contributed by atoms with van der Waals surface area (Å²) >= 11 is 5.31. The van der Waals surface area contributed by atoms with Gasteiger partial charge < -0.3 is 15.0 Å². The molecule has 0 aromatic heterocycles. The van der Waals surface area contributed by atoms with Gasteiger partial charge in [-0.2, -0.15) is 0 Å². The number of ether oxygens (including phenoxy) is 1. The third kappa shape index (κ3) is 4.57. The lowest BCUT2D eigenvalue weighted by molar-refractivity contribution is -0.384. The molecule has 112 valence electrons. The van der Waals surface area contributed by atoms with Gasteiger partial charge in [-0.25, -0.2) is 0 Å². The topological polar surface area (TPSA) is 67.6 Å². The molecule has 1 aromatic carbocycles. The Hall–Kier alpha value is -2.41. The number of nitro groups is 1. The molecule has 1 rings (SSSR count). The van der Waals surface area contributed by atoms with Gasteiger partial charge in [0.1, 0.15) is 5.75 Å². The maximum atomic E-state index is 10.8. The summed E-state index contributed by atoms with van der Waals surface area (Å²) < 4.78 is 5.15. The Kier molecular flexibility index (Phi) is 6.35. The average Bonchev–Trinajstić information content (AvgIpc) is 2.47. The molecule has 0 aliphatic carbocycles. The lowest BCUT2D eigenvalue weighted by Crippen LogP contribution is -2.35. The zero-order valence-corrected chi connectivity index (χ0v) is 12.6. The molecule has 1 N–H and O–H groups in total. The smallest absolute Gasteiger partial charge is 0.273 e. The maximum Gasteiger partial charge on any atom is 0.273 e. The van der Waals surface area contributed by atoms with E-state index in [0.717, 1.165) is 0 Å². The molecule has 0 saturated heterocycles. The quantitative estimate of drug-likeness (QED) is 0.361. The normalized spacial score (nSPS) is 9.57. The predicted molar refractivity (Wildman–Crippen MR) is 87.8 cm³/mol. The summed E-state index contributed by atoms with van der Waals surface area (Å²) in [5.74, 6) is 0.351. The highest BCUT2D eigenvalue weighted by Crippen LogP contribution is 2.29. The molecular formula is C14H17N3O3S. The predicted octanol–water partition coefficient (Wildman–Crippen LogP) is 2.97. The standard InChI is InChI=1S/C14H17N3O3S/c1-4-8-16(9-5-2)14(21)15-12-7-6-11(17(18)19)10-13(12)20-3/h4-7,10H,1-2,8-9H2,3H3,(H,15,21). The molecule has 0 atom stereocenters. The summed E-state index contributed by atoms with van der Waals surface area (Å²) in [7, 11) is 1.44. The number of nitrogens with zero attached hydrogens (tertiary/aromatic N) is 2. The van der Waals surface area contributed by atoms with Crippen molar-refractivity contribution in [2.45, 2.75) is 0 Å². The summed E-state index contributed by atoms with van der Waals surface area (Å²) in [5, 5.41) is 14.2. The van der Waals surface area contributed by atoms with Gasteiger partial charge in [-0.3, -0.25) is 10.1 Å². The lowest BCUT2D eigenvalue weighted by Gasteiger charge is -2.23. The van der Waals surface area contributed by atoms with Crippen molar-refractivity contribution in [3.8, 4) is 5.75 Å². The van der Waals surface area contributed by atoms with E-state index in [0.29, 0.717) is 29.6 Å². The highest BCUT2D eigenvalue weighted by molar-refractivity contribution is 7.80. The molecule has 0 bridgehead atoms. The van der Waals surface area contributed by atoms with Crippen molar-refractivity contribution in [3.63, 3.8) is 0 Å². The molecule has 0 fully saturated rings. The van der Waals surface area contributed by atoms with Crippen LogP contribution in [-0.2, 0) is 0 Å². The Bertz CT molecular complexity index is 550. The average molecular weight is 307 g/mol. The summed E-state index contributed by atoms with van der Waals surface area (Å²) in [6.45, 7) is 8.47. The Morgan fingerprint density at radius 2 is 2.10 bits per heavy atom. The molecule has 21 heavy (non-hydrogen) atoms. The Labute approximate surface area is 128 Å². The van der Waals surface area contributed by atoms with Crippen LogP contribution in [0.4, 0.5) is 11.4 Å². The third-order valence-corrected chi connectivity index (χ3v) is 2.98. The van der Waals surface area contributed by atoms with E-state index in [-0.39, 0.29) is 5.69 Å². The molecule has 0 spiro atoms. The fourth-order valence-electron chi connectivity index (χ4n) is 1.64. The van der Waals surface area contributed by atoms with Crippen LogP contribution in [0.15, 0.2) is 43.5 Å². The van der Waals surface area contributed by atoms with E-state index in [2.05, 4.69) is 18.5 Å². The number of nitrogens with one attached hydrogen (secondary N) is 1. The zero-order valence-electron chi connectivity index (χ0n) is 11.7. The molecule has 0 aliphatic rings. The van der Waals surface area contributed by atoms with Crippen molar-refractivity contribution in [2.24, 2.45) is 0 Å². The van der Waals surface area contributed by atoms with Crippen molar-refractivity contribution >= 4 is 28.7 Å². The van der Waals surface area contributed by atoms with Gasteiger partial charge in [0.15, 0.2) is 5.11 Å². The molecule has 6 nitrogen and oxygen atoms in total. The first-order valence-electron chi connectivity index (χ1n) is 6.13. The molecule has 0 radical (unpaired) electrons. The number of nitro benzene ring substituents is 1. The van der Waals surface area contributed by atoms with Crippen LogP contribution in [0.2, 0.25) is 0 Å². The van der Waals surface area contributed by atoms with E-state index in [1.54, 1.807) is 18.2 Å². The number of anilines is 1. The first-order chi connectivity index (χ1) is 10.0. The second-order valence-corrected chi connectivity index (χ2v) is 4.44. The summed E-state index contributed by atoms with van der Waals surface area (Å²) in [4.78, 5) is 12.1. The number of methoxy groups -OCH3 is 1. The van der Waals surface area contributed by atoms with Crippen LogP contribution in [0, 0.1) is 10.1 Å². The van der Waals surface area contributed by atoms with Crippen molar-refractivity contribution in [2.75, 3.05) is 25.5 Å². The Balaban J connectivity index is 2.95. The third-order valence-electron chi connectivity index (χ3n) is 2.62. The SMILES string of the molecule is C=CCN(CC=C)C(=S)Nc1ccc([N+](=O)[O-])cc1OC. The van der Waals surface area contributed by atoms with Gasteiger partial charge in [0.25, 0.3) is 5.69 Å². The van der Waals surface area contributed by atoms with Gasteiger partial charge in [-0.15, -0.1) is 13.2 Å². The number of thiocarbonyl (C=S) groups is 1. The minimum Gasteiger partial charge on any atom is -0.494 e. The van der Waals surface area contributed by atoms with E-state index in [1.165, 1.54) is 19.2 Å². The van der Waals surface area contributed by atoms with Crippen molar-refractivity contribution in [3.05, 3.63) is 53.6 Å². The number of hydrogen-bond acceptors (Lipinski definition) is 4. The van der Waals surface area contributed by atoms with Crippen molar-refractivity contribution in [1.29, 1.82) is 0 Å². The minimum atomic E-state index is -0.480. The van der Waals surface area contributed by atoms with Crippen LogP contribution in [-0.4, -0.2) is 35.1 Å². The first-order valence-corrected chi connectivity index (χ1v) is 6.54. The van der Waals surface area contributed by atoms with E-state index in [1.807, 2.05) is 4.90 Å². The van der Waals surface area contributed by atoms with Crippen molar-refractivity contribution in [1.82, 2.24) is 4.90 Å². The lowest BCUT2D eigenvalue weighted by atomic mass is 10.2. The highest BCUT2D eigenvalue weighted by Gasteiger charge is 2.14. The maximum absolute atomic E-state index is 10.8. The molecule has 0 aliphatic heterocycles. The number of non-ortho nitro benzene ring substituents is 1. The molecule has 0 heterocycles. The minimum absolute atomic E-state index is 0.0441. The van der Waals surface area contributed by atoms with Crippen molar-refractivity contribution < 1.29 is 9.66 Å². The van der Waals surface area contributed by atoms with E-state index in [9.17, 15) is 10.1 Å². The van der Waals surface area contributed by atoms with Crippen LogP contribution < -0.4 is 10.1 Å². The number of hydrogen-bond donors (Lipinski definition) is 1. The largest absolute Gasteiger partial charge is 0.494 e. The van der Waals surface area contributed by atoms with Gasteiger partial charge in [-0.05, 0) is 18.3 Å². The summed E-state index contributed by atoms with van der Waals surface area (Å²) in [6.07, 6.45) is 3.45. The molecular weight excluding hydrogens is 290 g/mol. The monoisotopic (exact) mass is 307 g/mol.